The van der Waals surface area contributed by atoms with Crippen molar-refractivity contribution in [3.05, 3.63) is 179 Å². The SMILES string of the molecule is O=C(O)c1ccccc1C(=O)O[C@@H](c1ccccc1)C(c1ccccc1)(c1ccccc1)c1ccccc1. The number of carboxylic acid groups (broad SMARTS) is 1. The molecule has 5 rings (SSSR count). The summed E-state index contributed by atoms with van der Waals surface area (Å²) in [7, 11) is 0. The van der Waals surface area contributed by atoms with E-state index in [-0.39, 0.29) is 11.1 Å². The van der Waals surface area contributed by atoms with Gasteiger partial charge in [0.1, 0.15) is 6.10 Å². The quantitative estimate of drug-likeness (QED) is 0.180. The van der Waals surface area contributed by atoms with Crippen molar-refractivity contribution in [2.45, 2.75) is 11.5 Å². The Hall–Kier alpha value is -4.96. The summed E-state index contributed by atoms with van der Waals surface area (Å²) >= 11 is 0. The maximum absolute atomic E-state index is 13.8. The molecule has 0 aliphatic carbocycles. The third-order valence-corrected chi connectivity index (χ3v) is 6.79. The van der Waals surface area contributed by atoms with Crippen LogP contribution in [0, 0.1) is 0 Å². The maximum atomic E-state index is 13.8. The van der Waals surface area contributed by atoms with Gasteiger partial charge in [-0.3, -0.25) is 0 Å². The lowest BCUT2D eigenvalue weighted by molar-refractivity contribution is 0.0162. The Bertz CT molecular complexity index is 1420. The number of aromatic carboxylic acids is 1. The van der Waals surface area contributed by atoms with E-state index < -0.39 is 23.5 Å². The molecule has 1 N–H and O–H groups in total. The van der Waals surface area contributed by atoms with Crippen LogP contribution in [0.5, 0.6) is 0 Å². The molecule has 0 aliphatic rings. The Balaban J connectivity index is 1.81. The summed E-state index contributed by atoms with van der Waals surface area (Å²) in [6.45, 7) is 0. The van der Waals surface area contributed by atoms with Crippen LogP contribution in [0.3, 0.4) is 0 Å². The first-order valence-electron chi connectivity index (χ1n) is 12.4. The molecule has 38 heavy (non-hydrogen) atoms. The van der Waals surface area contributed by atoms with Gasteiger partial charge < -0.3 is 9.84 Å². The van der Waals surface area contributed by atoms with Crippen LogP contribution in [0.15, 0.2) is 146 Å². The fourth-order valence-electron chi connectivity index (χ4n) is 5.11. The van der Waals surface area contributed by atoms with Crippen LogP contribution in [0.2, 0.25) is 0 Å². The van der Waals surface area contributed by atoms with Crippen LogP contribution in [0.25, 0.3) is 0 Å². The van der Waals surface area contributed by atoms with Gasteiger partial charge in [-0.2, -0.15) is 0 Å². The van der Waals surface area contributed by atoms with Crippen molar-refractivity contribution in [2.24, 2.45) is 0 Å². The molecular weight excluding hydrogens is 472 g/mol. The van der Waals surface area contributed by atoms with Crippen LogP contribution in [-0.4, -0.2) is 17.0 Å². The second kappa shape index (κ2) is 11.0. The van der Waals surface area contributed by atoms with Crippen LogP contribution in [-0.2, 0) is 10.2 Å². The molecule has 1 atom stereocenters. The van der Waals surface area contributed by atoms with Gasteiger partial charge in [0.25, 0.3) is 0 Å². The average molecular weight is 499 g/mol. The summed E-state index contributed by atoms with van der Waals surface area (Å²) < 4.78 is 6.44. The highest BCUT2D eigenvalue weighted by molar-refractivity contribution is 6.02. The van der Waals surface area contributed by atoms with Crippen molar-refractivity contribution in [1.29, 1.82) is 0 Å². The molecule has 0 unspecified atom stereocenters. The largest absolute Gasteiger partial charge is 0.478 e. The van der Waals surface area contributed by atoms with Gasteiger partial charge in [-0.05, 0) is 34.4 Å². The highest BCUT2D eigenvalue weighted by Crippen LogP contribution is 2.50. The molecule has 0 bridgehead atoms. The van der Waals surface area contributed by atoms with Gasteiger partial charge in [0.05, 0.1) is 16.5 Å². The molecule has 4 heteroatoms. The minimum Gasteiger partial charge on any atom is -0.478 e. The number of hydrogen-bond acceptors (Lipinski definition) is 3. The van der Waals surface area contributed by atoms with Crippen molar-refractivity contribution >= 4 is 11.9 Å². The maximum Gasteiger partial charge on any atom is 0.339 e. The van der Waals surface area contributed by atoms with E-state index in [1.165, 1.54) is 12.1 Å². The predicted molar refractivity (Wildman–Crippen MR) is 147 cm³/mol. The van der Waals surface area contributed by atoms with Crippen LogP contribution < -0.4 is 0 Å². The van der Waals surface area contributed by atoms with Crippen molar-refractivity contribution in [2.75, 3.05) is 0 Å². The van der Waals surface area contributed by atoms with Crippen LogP contribution >= 0.6 is 0 Å². The standard InChI is InChI=1S/C34H26O4/c35-32(36)29-23-13-14-24-30(29)33(37)38-31(25-15-5-1-6-16-25)34(26-17-7-2-8-18-26,27-19-9-3-10-20-27)28-21-11-4-12-22-28/h1-24,31H,(H,35,36)/t31-/m0/s1. The predicted octanol–water partition coefficient (Wildman–Crippen LogP) is 7.32. The zero-order chi connectivity index (χ0) is 26.4. The lowest BCUT2D eigenvalue weighted by atomic mass is 9.64. The van der Waals surface area contributed by atoms with Crippen LogP contribution in [0.1, 0.15) is 49.1 Å². The molecule has 0 amide bonds. The molecule has 0 fully saturated rings. The summed E-state index contributed by atoms with van der Waals surface area (Å²) in [6, 6.07) is 45.7. The Morgan fingerprint density at radius 2 is 0.895 bits per heavy atom. The molecule has 0 aromatic heterocycles. The molecule has 0 aliphatic heterocycles. The third-order valence-electron chi connectivity index (χ3n) is 6.79. The number of hydrogen-bond donors (Lipinski definition) is 1. The first kappa shape index (κ1) is 24.7. The van der Waals surface area contributed by atoms with E-state index in [0.717, 1.165) is 22.3 Å². The van der Waals surface area contributed by atoms with Crippen molar-refractivity contribution in [3.63, 3.8) is 0 Å². The minimum atomic E-state index is -1.19. The van der Waals surface area contributed by atoms with Gasteiger partial charge in [0, 0.05) is 0 Å². The van der Waals surface area contributed by atoms with Gasteiger partial charge in [-0.1, -0.05) is 133 Å². The van der Waals surface area contributed by atoms with Gasteiger partial charge in [-0.25, -0.2) is 9.59 Å². The molecule has 0 heterocycles. The molecule has 0 saturated carbocycles. The topological polar surface area (TPSA) is 63.6 Å². The molecule has 0 spiro atoms. The summed E-state index contributed by atoms with van der Waals surface area (Å²) in [5.74, 6) is -1.89. The van der Waals surface area contributed by atoms with E-state index in [9.17, 15) is 14.7 Å². The summed E-state index contributed by atoms with van der Waals surface area (Å²) in [4.78, 5) is 25.7. The number of ether oxygens (including phenoxy) is 1. The first-order valence-corrected chi connectivity index (χ1v) is 12.4. The molecule has 5 aromatic rings. The second-order valence-electron chi connectivity index (χ2n) is 8.95. The number of rotatable bonds is 8. The molecule has 4 nitrogen and oxygen atoms in total. The number of esters is 1. The number of carboxylic acids is 1. The summed E-state index contributed by atoms with van der Waals surface area (Å²) in [6.07, 6.45) is -0.828. The van der Waals surface area contributed by atoms with E-state index in [1.807, 2.05) is 121 Å². The number of carbonyl (C=O) groups is 2. The van der Waals surface area contributed by atoms with Crippen molar-refractivity contribution in [1.82, 2.24) is 0 Å². The smallest absolute Gasteiger partial charge is 0.339 e. The Labute approximate surface area is 221 Å². The Morgan fingerprint density at radius 1 is 0.526 bits per heavy atom. The van der Waals surface area contributed by atoms with Crippen molar-refractivity contribution in [3.8, 4) is 0 Å². The summed E-state index contributed by atoms with van der Waals surface area (Å²) in [5.41, 5.74) is 2.55. The zero-order valence-corrected chi connectivity index (χ0v) is 20.6. The summed E-state index contributed by atoms with van der Waals surface area (Å²) in [5, 5.41) is 9.75. The van der Waals surface area contributed by atoms with Gasteiger partial charge in [-0.15, -0.1) is 0 Å². The minimum absolute atomic E-state index is 0.00372. The normalized spacial score (nSPS) is 11.9. The van der Waals surface area contributed by atoms with Crippen molar-refractivity contribution < 1.29 is 19.4 Å². The number of carbonyl (C=O) groups excluding carboxylic acids is 1. The van der Waals surface area contributed by atoms with Gasteiger partial charge in [0.15, 0.2) is 0 Å². The van der Waals surface area contributed by atoms with E-state index in [0.29, 0.717) is 0 Å². The highest BCUT2D eigenvalue weighted by Gasteiger charge is 2.47. The lowest BCUT2D eigenvalue weighted by Crippen LogP contribution is -2.39. The fraction of sp³-hybridized carbons (Fsp3) is 0.0588. The Morgan fingerprint density at radius 3 is 1.32 bits per heavy atom. The van der Waals surface area contributed by atoms with E-state index in [1.54, 1.807) is 12.1 Å². The highest BCUT2D eigenvalue weighted by atomic mass is 16.5. The Kier molecular flexibility index (Phi) is 7.14. The second-order valence-corrected chi connectivity index (χ2v) is 8.95. The van der Waals surface area contributed by atoms with E-state index in [2.05, 4.69) is 0 Å². The fourth-order valence-corrected chi connectivity index (χ4v) is 5.11. The van der Waals surface area contributed by atoms with E-state index in [4.69, 9.17) is 4.74 Å². The lowest BCUT2D eigenvalue weighted by Gasteiger charge is -2.42. The van der Waals surface area contributed by atoms with Crippen LogP contribution in [0.4, 0.5) is 0 Å². The molecule has 0 radical (unpaired) electrons. The third kappa shape index (κ3) is 4.60. The monoisotopic (exact) mass is 498 g/mol. The number of benzene rings is 5. The molecule has 5 aromatic carbocycles. The average Bonchev–Trinajstić information content (AvgIpc) is 2.99. The van der Waals surface area contributed by atoms with Gasteiger partial charge in [0.2, 0.25) is 0 Å². The first-order chi connectivity index (χ1) is 18.6. The molecule has 186 valence electrons. The van der Waals surface area contributed by atoms with Gasteiger partial charge >= 0.3 is 11.9 Å². The molecular formula is C34H26O4. The zero-order valence-electron chi connectivity index (χ0n) is 20.6. The van der Waals surface area contributed by atoms with E-state index >= 15 is 0 Å². The molecule has 0 saturated heterocycles.